The lowest BCUT2D eigenvalue weighted by Crippen LogP contribution is -2.33. The molecule has 1 fully saturated rings. The van der Waals surface area contributed by atoms with Crippen molar-refractivity contribution in [3.8, 4) is 23.4 Å². The van der Waals surface area contributed by atoms with Crippen LogP contribution >= 0.6 is 0 Å². The van der Waals surface area contributed by atoms with Crippen LogP contribution in [0.5, 0.6) is 17.4 Å². The van der Waals surface area contributed by atoms with Crippen LogP contribution in [0.15, 0.2) is 67.0 Å². The van der Waals surface area contributed by atoms with E-state index in [2.05, 4.69) is 16.0 Å². The van der Waals surface area contributed by atoms with Gasteiger partial charge >= 0.3 is 6.03 Å². The fourth-order valence-corrected chi connectivity index (χ4v) is 4.11. The quantitative estimate of drug-likeness (QED) is 0.364. The smallest absolute Gasteiger partial charge is 0.336 e. The van der Waals surface area contributed by atoms with Gasteiger partial charge in [-0.25, -0.2) is 19.7 Å². The highest BCUT2D eigenvalue weighted by molar-refractivity contribution is 6.27. The number of anilines is 2. The van der Waals surface area contributed by atoms with Crippen molar-refractivity contribution in [3.63, 3.8) is 0 Å². The first-order valence-corrected chi connectivity index (χ1v) is 11.3. The molecule has 1 aromatic heterocycles. The van der Waals surface area contributed by atoms with Gasteiger partial charge in [0.1, 0.15) is 24.4 Å². The first-order chi connectivity index (χ1) is 17.5. The number of aryl methyl sites for hydroxylation is 1. The van der Waals surface area contributed by atoms with Crippen molar-refractivity contribution in [2.75, 3.05) is 23.5 Å². The van der Waals surface area contributed by atoms with E-state index in [0.29, 0.717) is 46.3 Å². The molecule has 1 aliphatic rings. The van der Waals surface area contributed by atoms with Gasteiger partial charge < -0.3 is 9.47 Å². The predicted molar refractivity (Wildman–Crippen MR) is 133 cm³/mol. The number of nitriles is 1. The molecule has 0 unspecified atom stereocenters. The molecule has 9 heteroatoms. The monoisotopic (exact) mass is 479 g/mol. The van der Waals surface area contributed by atoms with Crippen LogP contribution in [0.1, 0.15) is 18.1 Å². The number of methoxy groups -OCH3 is 1. The summed E-state index contributed by atoms with van der Waals surface area (Å²) in [5.41, 5.74) is 2.85. The van der Waals surface area contributed by atoms with E-state index >= 15 is 0 Å². The number of amides is 3. The molecule has 0 N–H and O–H groups in total. The molecule has 1 saturated heterocycles. The Morgan fingerprint density at radius 2 is 1.89 bits per heavy atom. The molecule has 178 valence electrons. The van der Waals surface area contributed by atoms with Crippen LogP contribution in [0.4, 0.5) is 16.2 Å². The summed E-state index contributed by atoms with van der Waals surface area (Å²) >= 11 is 0. The van der Waals surface area contributed by atoms with Crippen LogP contribution in [0.25, 0.3) is 10.9 Å². The maximum Gasteiger partial charge on any atom is 0.336 e. The van der Waals surface area contributed by atoms with Gasteiger partial charge in [-0.1, -0.05) is 13.0 Å². The minimum absolute atomic E-state index is 0.107. The Kier molecular flexibility index (Phi) is 5.92. The third kappa shape index (κ3) is 4.05. The molecule has 5 rings (SSSR count). The van der Waals surface area contributed by atoms with Crippen molar-refractivity contribution in [1.29, 1.82) is 5.26 Å². The van der Waals surface area contributed by atoms with E-state index in [4.69, 9.17) is 14.7 Å². The normalized spacial score (nSPS) is 13.2. The van der Waals surface area contributed by atoms with Crippen molar-refractivity contribution in [1.82, 2.24) is 9.97 Å². The lowest BCUT2D eigenvalue weighted by Gasteiger charge is -2.19. The molecule has 0 spiro atoms. The summed E-state index contributed by atoms with van der Waals surface area (Å²) < 4.78 is 11.4. The number of hydrogen-bond acceptors (Lipinski definition) is 7. The van der Waals surface area contributed by atoms with Gasteiger partial charge in [-0.05, 0) is 60.5 Å². The zero-order valence-corrected chi connectivity index (χ0v) is 19.6. The van der Waals surface area contributed by atoms with Crippen LogP contribution in [-0.4, -0.2) is 35.6 Å². The molecule has 9 nitrogen and oxygen atoms in total. The van der Waals surface area contributed by atoms with E-state index in [-0.39, 0.29) is 12.5 Å². The Labute approximate surface area is 207 Å². The van der Waals surface area contributed by atoms with Crippen LogP contribution < -0.4 is 19.3 Å². The number of benzene rings is 3. The second-order valence-electron chi connectivity index (χ2n) is 8.07. The Morgan fingerprint density at radius 1 is 1.03 bits per heavy atom. The average Bonchev–Trinajstić information content (AvgIpc) is 3.22. The highest BCUT2D eigenvalue weighted by Crippen LogP contribution is 2.34. The molecule has 36 heavy (non-hydrogen) atoms. The summed E-state index contributed by atoms with van der Waals surface area (Å²) in [6.07, 6.45) is 2.03. The Morgan fingerprint density at radius 3 is 2.67 bits per heavy atom. The summed E-state index contributed by atoms with van der Waals surface area (Å²) in [5.74, 6) is 1.28. The van der Waals surface area contributed by atoms with Gasteiger partial charge in [-0.15, -0.1) is 0 Å². The molecule has 0 aliphatic carbocycles. The first kappa shape index (κ1) is 22.8. The lowest BCUT2D eigenvalue weighted by molar-refractivity contribution is -0.115. The average molecular weight is 479 g/mol. The predicted octanol–water partition coefficient (Wildman–Crippen LogP) is 4.84. The number of carbonyl (C=O) groups excluding carboxylic acids is 2. The fraction of sp³-hybridized carbons (Fsp3) is 0.148. The zero-order chi connectivity index (χ0) is 25.2. The van der Waals surface area contributed by atoms with E-state index in [1.807, 2.05) is 19.1 Å². The summed E-state index contributed by atoms with van der Waals surface area (Å²) in [5, 5.41) is 9.89. The molecule has 0 saturated carbocycles. The number of fused-ring (bicyclic) bond motifs is 1. The lowest BCUT2D eigenvalue weighted by atomic mass is 10.1. The van der Waals surface area contributed by atoms with E-state index in [1.165, 1.54) is 11.2 Å². The first-order valence-electron chi connectivity index (χ1n) is 11.3. The van der Waals surface area contributed by atoms with Crippen LogP contribution in [0.2, 0.25) is 0 Å². The molecular formula is C27H21N5O4. The molecule has 0 radical (unpaired) electrons. The fourth-order valence-electron chi connectivity index (χ4n) is 4.11. The molecule has 3 amide bonds. The van der Waals surface area contributed by atoms with Gasteiger partial charge in [-0.2, -0.15) is 5.26 Å². The molecule has 3 aromatic carbocycles. The second-order valence-corrected chi connectivity index (χ2v) is 8.07. The van der Waals surface area contributed by atoms with Gasteiger partial charge in [0.25, 0.3) is 5.91 Å². The molecule has 0 atom stereocenters. The highest BCUT2D eigenvalue weighted by atomic mass is 16.5. The Bertz CT molecular complexity index is 1550. The van der Waals surface area contributed by atoms with Gasteiger partial charge in [-0.3, -0.25) is 9.69 Å². The SMILES string of the molecule is CCc1cc(N2C(=O)CN(c3cccc(C#N)c3)C2=O)ccc1Oc1ncnc2cc(OC)ccc12. The maximum atomic E-state index is 13.2. The van der Waals surface area contributed by atoms with Crippen LogP contribution in [0, 0.1) is 11.3 Å². The zero-order valence-electron chi connectivity index (χ0n) is 19.6. The molecular weight excluding hydrogens is 458 g/mol. The summed E-state index contributed by atoms with van der Waals surface area (Å²) in [4.78, 5) is 37.1. The van der Waals surface area contributed by atoms with Gasteiger partial charge in [0.2, 0.25) is 5.88 Å². The van der Waals surface area contributed by atoms with Crippen molar-refractivity contribution in [2.45, 2.75) is 13.3 Å². The minimum Gasteiger partial charge on any atom is -0.497 e. The van der Waals surface area contributed by atoms with Gasteiger partial charge in [0.05, 0.1) is 35.3 Å². The topological polar surface area (TPSA) is 109 Å². The van der Waals surface area contributed by atoms with E-state index in [0.717, 1.165) is 15.8 Å². The Balaban J connectivity index is 1.44. The highest BCUT2D eigenvalue weighted by Gasteiger charge is 2.38. The molecule has 2 heterocycles. The minimum atomic E-state index is -0.471. The largest absolute Gasteiger partial charge is 0.497 e. The van der Waals surface area contributed by atoms with E-state index in [9.17, 15) is 9.59 Å². The number of nitrogens with zero attached hydrogens (tertiary/aromatic N) is 5. The van der Waals surface area contributed by atoms with Crippen molar-refractivity contribution in [3.05, 3.63) is 78.1 Å². The molecule has 4 aromatic rings. The third-order valence-electron chi connectivity index (χ3n) is 5.95. The summed E-state index contributed by atoms with van der Waals surface area (Å²) in [6, 6.07) is 18.8. The van der Waals surface area contributed by atoms with E-state index in [1.54, 1.807) is 55.6 Å². The molecule has 1 aliphatic heterocycles. The summed E-state index contributed by atoms with van der Waals surface area (Å²) in [7, 11) is 1.59. The van der Waals surface area contributed by atoms with E-state index < -0.39 is 6.03 Å². The number of urea groups is 1. The third-order valence-corrected chi connectivity index (χ3v) is 5.95. The number of aromatic nitrogens is 2. The van der Waals surface area contributed by atoms with Gasteiger partial charge in [0.15, 0.2) is 0 Å². The number of hydrogen-bond donors (Lipinski definition) is 0. The second kappa shape index (κ2) is 9.35. The number of carbonyl (C=O) groups is 2. The van der Waals surface area contributed by atoms with Crippen molar-refractivity contribution in [2.24, 2.45) is 0 Å². The van der Waals surface area contributed by atoms with Crippen molar-refractivity contribution < 1.29 is 19.1 Å². The van der Waals surface area contributed by atoms with Crippen LogP contribution in [0.3, 0.4) is 0 Å². The van der Waals surface area contributed by atoms with Crippen LogP contribution in [-0.2, 0) is 11.2 Å². The summed E-state index contributed by atoms with van der Waals surface area (Å²) in [6.45, 7) is 1.85. The van der Waals surface area contributed by atoms with Crippen molar-refractivity contribution >= 4 is 34.2 Å². The number of rotatable bonds is 6. The van der Waals surface area contributed by atoms with Gasteiger partial charge in [0, 0.05) is 11.8 Å². The standard InChI is InChI=1S/C27H21N5O4/c1-3-18-12-20(32-25(33)15-31(27(32)34)19-6-4-5-17(11-19)14-28)7-10-24(18)36-26-22-9-8-21(35-2)13-23(22)29-16-30-26/h4-13,16H,3,15H2,1-2H3. The maximum absolute atomic E-state index is 13.2. The Hall–Kier alpha value is -4.97. The molecule has 0 bridgehead atoms. The number of ether oxygens (including phenoxy) is 2. The number of imide groups is 1.